The van der Waals surface area contributed by atoms with E-state index in [-0.39, 0.29) is 6.04 Å². The quantitative estimate of drug-likeness (QED) is 0.773. The minimum Gasteiger partial charge on any atom is -0.306 e. The minimum atomic E-state index is 0.181. The molecular weight excluding hydrogens is 297 g/mol. The predicted octanol–water partition coefficient (Wildman–Crippen LogP) is 5.45. The molecule has 1 aromatic carbocycles. The monoisotopic (exact) mass is 313 g/mol. The van der Waals surface area contributed by atoms with Gasteiger partial charge in [0.15, 0.2) is 0 Å². The summed E-state index contributed by atoms with van der Waals surface area (Å²) in [5, 5.41) is 6.91. The van der Waals surface area contributed by atoms with Gasteiger partial charge >= 0.3 is 0 Å². The molecule has 2 aromatic rings. The summed E-state index contributed by atoms with van der Waals surface area (Å²) in [5.41, 5.74) is 2.47. The van der Waals surface area contributed by atoms with E-state index in [0.717, 1.165) is 18.5 Å². The Labute approximate surface area is 128 Å². The summed E-state index contributed by atoms with van der Waals surface area (Å²) in [6, 6.07) is 8.21. The van der Waals surface area contributed by atoms with Crippen LogP contribution in [0.5, 0.6) is 0 Å². The number of rotatable bonds is 5. The molecule has 102 valence electrons. The Bertz CT molecular complexity index is 551. The first kappa shape index (κ1) is 14.9. The molecule has 0 aliphatic carbocycles. The summed E-state index contributed by atoms with van der Waals surface area (Å²) in [6.45, 7) is 5.29. The van der Waals surface area contributed by atoms with E-state index in [1.165, 1.54) is 10.4 Å². The lowest BCUT2D eigenvalue weighted by Gasteiger charge is -2.20. The van der Waals surface area contributed by atoms with Crippen LogP contribution in [0, 0.1) is 6.92 Å². The Kier molecular flexibility index (Phi) is 5.28. The van der Waals surface area contributed by atoms with Crippen molar-refractivity contribution in [1.82, 2.24) is 5.32 Å². The number of halogens is 2. The molecule has 0 saturated carbocycles. The molecule has 1 heterocycles. The molecule has 0 spiro atoms. The van der Waals surface area contributed by atoms with Crippen LogP contribution in [0.3, 0.4) is 0 Å². The number of nitrogens with one attached hydrogen (secondary N) is 1. The predicted molar refractivity (Wildman–Crippen MR) is 85.7 cm³/mol. The molecule has 1 nitrogen and oxygen atoms in total. The molecule has 0 radical (unpaired) electrons. The SMILES string of the molecule is CCCNC(c1ccc(Cl)c(Cl)c1)c1ccsc1C. The molecule has 0 fully saturated rings. The summed E-state index contributed by atoms with van der Waals surface area (Å²) >= 11 is 13.9. The van der Waals surface area contributed by atoms with Gasteiger partial charge in [-0.1, -0.05) is 36.2 Å². The second kappa shape index (κ2) is 6.76. The van der Waals surface area contributed by atoms with Crippen LogP contribution in [0.25, 0.3) is 0 Å². The molecule has 1 aromatic heterocycles. The van der Waals surface area contributed by atoms with Crippen molar-refractivity contribution in [2.75, 3.05) is 6.54 Å². The summed E-state index contributed by atoms with van der Waals surface area (Å²) in [6.07, 6.45) is 1.10. The van der Waals surface area contributed by atoms with Gasteiger partial charge in [-0.25, -0.2) is 0 Å². The van der Waals surface area contributed by atoms with Gasteiger partial charge in [0.2, 0.25) is 0 Å². The van der Waals surface area contributed by atoms with Gasteiger partial charge in [-0.15, -0.1) is 11.3 Å². The van der Waals surface area contributed by atoms with Gasteiger partial charge in [-0.05, 0) is 54.6 Å². The topological polar surface area (TPSA) is 12.0 Å². The van der Waals surface area contributed by atoms with Crippen molar-refractivity contribution < 1.29 is 0 Å². The molecule has 1 unspecified atom stereocenters. The van der Waals surface area contributed by atoms with E-state index in [4.69, 9.17) is 23.2 Å². The number of hydrogen-bond acceptors (Lipinski definition) is 2. The first-order chi connectivity index (χ1) is 9.13. The molecule has 0 aliphatic heterocycles. The van der Waals surface area contributed by atoms with Crippen molar-refractivity contribution in [2.24, 2.45) is 0 Å². The average Bonchev–Trinajstić information content (AvgIpc) is 2.80. The highest BCUT2D eigenvalue weighted by Crippen LogP contribution is 2.31. The van der Waals surface area contributed by atoms with E-state index in [1.54, 1.807) is 11.3 Å². The van der Waals surface area contributed by atoms with Crippen molar-refractivity contribution in [2.45, 2.75) is 26.3 Å². The van der Waals surface area contributed by atoms with Crippen LogP contribution in [-0.4, -0.2) is 6.54 Å². The van der Waals surface area contributed by atoms with Crippen molar-refractivity contribution in [3.05, 3.63) is 55.7 Å². The van der Waals surface area contributed by atoms with E-state index in [0.29, 0.717) is 10.0 Å². The van der Waals surface area contributed by atoms with Gasteiger partial charge in [0.25, 0.3) is 0 Å². The van der Waals surface area contributed by atoms with Gasteiger partial charge < -0.3 is 5.32 Å². The van der Waals surface area contributed by atoms with E-state index in [1.807, 2.05) is 18.2 Å². The Morgan fingerprint density at radius 1 is 1.21 bits per heavy atom. The molecule has 0 amide bonds. The lowest BCUT2D eigenvalue weighted by molar-refractivity contribution is 0.598. The van der Waals surface area contributed by atoms with Crippen LogP contribution in [0.2, 0.25) is 10.0 Å². The molecule has 0 aliphatic rings. The molecular formula is C15H17Cl2NS. The zero-order valence-electron chi connectivity index (χ0n) is 11.0. The standard InChI is InChI=1S/C15H17Cl2NS/c1-3-7-18-15(12-6-8-19-10(12)2)11-4-5-13(16)14(17)9-11/h4-6,8-9,15,18H,3,7H2,1-2H3. The summed E-state index contributed by atoms with van der Waals surface area (Å²) in [5.74, 6) is 0. The third kappa shape index (κ3) is 3.51. The lowest BCUT2D eigenvalue weighted by atomic mass is 9.99. The average molecular weight is 314 g/mol. The fourth-order valence-corrected chi connectivity index (χ4v) is 3.13. The van der Waals surface area contributed by atoms with Crippen LogP contribution >= 0.6 is 34.5 Å². The Morgan fingerprint density at radius 3 is 2.58 bits per heavy atom. The minimum absolute atomic E-state index is 0.181. The summed E-state index contributed by atoms with van der Waals surface area (Å²) < 4.78 is 0. The van der Waals surface area contributed by atoms with Crippen molar-refractivity contribution in [3.8, 4) is 0 Å². The van der Waals surface area contributed by atoms with Gasteiger partial charge in [-0.3, -0.25) is 0 Å². The third-order valence-corrected chi connectivity index (χ3v) is 4.69. The molecule has 1 atom stereocenters. The van der Waals surface area contributed by atoms with Crippen LogP contribution < -0.4 is 5.32 Å². The van der Waals surface area contributed by atoms with Crippen molar-refractivity contribution in [1.29, 1.82) is 0 Å². The molecule has 1 N–H and O–H groups in total. The zero-order valence-corrected chi connectivity index (χ0v) is 13.4. The zero-order chi connectivity index (χ0) is 13.8. The highest BCUT2D eigenvalue weighted by molar-refractivity contribution is 7.10. The van der Waals surface area contributed by atoms with Crippen molar-refractivity contribution in [3.63, 3.8) is 0 Å². The maximum absolute atomic E-state index is 6.14. The second-order valence-corrected chi connectivity index (χ2v) is 6.43. The third-order valence-electron chi connectivity index (χ3n) is 3.09. The smallest absolute Gasteiger partial charge is 0.0595 e. The molecule has 19 heavy (non-hydrogen) atoms. The van der Waals surface area contributed by atoms with Gasteiger partial charge in [0.05, 0.1) is 16.1 Å². The molecule has 2 rings (SSSR count). The number of aryl methyl sites for hydroxylation is 1. The van der Waals surface area contributed by atoms with E-state index < -0.39 is 0 Å². The largest absolute Gasteiger partial charge is 0.306 e. The maximum Gasteiger partial charge on any atom is 0.0595 e. The maximum atomic E-state index is 6.14. The summed E-state index contributed by atoms with van der Waals surface area (Å²) in [7, 11) is 0. The summed E-state index contributed by atoms with van der Waals surface area (Å²) in [4.78, 5) is 1.33. The van der Waals surface area contributed by atoms with E-state index >= 15 is 0 Å². The van der Waals surface area contributed by atoms with E-state index in [9.17, 15) is 0 Å². The molecule has 0 bridgehead atoms. The normalized spacial score (nSPS) is 12.6. The number of thiophene rings is 1. The fourth-order valence-electron chi connectivity index (χ4n) is 2.08. The van der Waals surface area contributed by atoms with Crippen LogP contribution in [0.1, 0.15) is 35.4 Å². The Balaban J connectivity index is 2.37. The lowest BCUT2D eigenvalue weighted by Crippen LogP contribution is -2.23. The van der Waals surface area contributed by atoms with Gasteiger partial charge in [0.1, 0.15) is 0 Å². The number of hydrogen-bond donors (Lipinski definition) is 1. The first-order valence-electron chi connectivity index (χ1n) is 6.35. The van der Waals surface area contributed by atoms with Crippen LogP contribution in [0.4, 0.5) is 0 Å². The highest BCUT2D eigenvalue weighted by Gasteiger charge is 2.17. The van der Waals surface area contributed by atoms with Crippen molar-refractivity contribution >= 4 is 34.5 Å². The number of benzene rings is 1. The Morgan fingerprint density at radius 2 is 2.00 bits per heavy atom. The van der Waals surface area contributed by atoms with E-state index in [2.05, 4.69) is 30.6 Å². The molecule has 0 saturated heterocycles. The second-order valence-electron chi connectivity index (χ2n) is 4.49. The first-order valence-corrected chi connectivity index (χ1v) is 7.99. The van der Waals surface area contributed by atoms with Gasteiger partial charge in [-0.2, -0.15) is 0 Å². The van der Waals surface area contributed by atoms with Crippen LogP contribution in [-0.2, 0) is 0 Å². The Hall–Kier alpha value is -0.540. The van der Waals surface area contributed by atoms with Gasteiger partial charge in [0, 0.05) is 4.88 Å². The van der Waals surface area contributed by atoms with Crippen LogP contribution in [0.15, 0.2) is 29.6 Å². The highest BCUT2D eigenvalue weighted by atomic mass is 35.5. The fraction of sp³-hybridized carbons (Fsp3) is 0.333. The molecule has 4 heteroatoms.